The summed E-state index contributed by atoms with van der Waals surface area (Å²) in [7, 11) is 0. The third-order valence-electron chi connectivity index (χ3n) is 1.69. The van der Waals surface area contributed by atoms with Crippen LogP contribution in [0.25, 0.3) is 0 Å². The first-order chi connectivity index (χ1) is 6.16. The van der Waals surface area contributed by atoms with E-state index < -0.39 is 11.5 Å². The molecule has 0 aliphatic rings. The fourth-order valence-electron chi connectivity index (χ4n) is 1.04. The van der Waals surface area contributed by atoms with Crippen LogP contribution in [0.1, 0.15) is 15.9 Å². The zero-order chi connectivity index (χ0) is 9.84. The Hall–Kier alpha value is -1.61. The number of carbonyl (C=O) groups is 1. The molecule has 3 nitrogen and oxygen atoms in total. The summed E-state index contributed by atoms with van der Waals surface area (Å²) in [5.74, 6) is -1.06. The largest absolute Gasteiger partial charge is 0.505 e. The molecule has 13 heavy (non-hydrogen) atoms. The van der Waals surface area contributed by atoms with Crippen LogP contribution in [0.15, 0.2) is 36.6 Å². The van der Waals surface area contributed by atoms with Crippen molar-refractivity contribution in [3.63, 3.8) is 0 Å². The van der Waals surface area contributed by atoms with Crippen LogP contribution in [-0.4, -0.2) is 16.0 Å². The van der Waals surface area contributed by atoms with Crippen molar-refractivity contribution in [3.05, 3.63) is 47.7 Å². The molecular weight excluding hydrogens is 168 g/mol. The van der Waals surface area contributed by atoms with Crippen molar-refractivity contribution >= 4 is 5.78 Å². The number of aliphatic hydroxyl groups excluding tert-OH is 2. The van der Waals surface area contributed by atoms with Gasteiger partial charge in [-0.1, -0.05) is 30.8 Å². The van der Waals surface area contributed by atoms with Gasteiger partial charge in [0.2, 0.25) is 5.78 Å². The number of carbonyl (C=O) groups excluding carboxylic acids is 1. The Kier molecular flexibility index (Phi) is 2.82. The number of aliphatic hydroxyl groups is 2. The van der Waals surface area contributed by atoms with Crippen LogP contribution in [0.4, 0.5) is 0 Å². The monoisotopic (exact) mass is 178 g/mol. The van der Waals surface area contributed by atoms with E-state index in [4.69, 9.17) is 10.2 Å². The predicted octanol–water partition coefficient (Wildman–Crippen LogP) is 1.43. The maximum Gasteiger partial charge on any atom is 0.227 e. The quantitative estimate of drug-likeness (QED) is 0.418. The van der Waals surface area contributed by atoms with Crippen LogP contribution >= 0.6 is 0 Å². The van der Waals surface area contributed by atoms with Crippen molar-refractivity contribution in [2.45, 2.75) is 6.61 Å². The number of benzene rings is 1. The first kappa shape index (κ1) is 9.48. The molecule has 1 aromatic carbocycles. The highest BCUT2D eigenvalue weighted by Gasteiger charge is 2.12. The molecule has 0 bridgehead atoms. The zero-order valence-corrected chi connectivity index (χ0v) is 7.03. The molecule has 0 radical (unpaired) electrons. The molecule has 0 unspecified atom stereocenters. The van der Waals surface area contributed by atoms with E-state index in [1.54, 1.807) is 18.2 Å². The summed E-state index contributed by atoms with van der Waals surface area (Å²) in [6, 6.07) is 6.53. The standard InChI is InChI=1S/C10H10O3/c1-7(12)10(13)9-5-3-2-4-8(9)6-11/h2-5,11-12H,1,6H2. The van der Waals surface area contributed by atoms with Gasteiger partial charge < -0.3 is 10.2 Å². The molecule has 0 saturated heterocycles. The fourth-order valence-corrected chi connectivity index (χ4v) is 1.04. The van der Waals surface area contributed by atoms with Crippen molar-refractivity contribution < 1.29 is 15.0 Å². The number of hydrogen-bond donors (Lipinski definition) is 2. The van der Waals surface area contributed by atoms with E-state index in [-0.39, 0.29) is 12.2 Å². The molecule has 0 amide bonds. The summed E-state index contributed by atoms with van der Waals surface area (Å²) in [4.78, 5) is 11.3. The van der Waals surface area contributed by atoms with Gasteiger partial charge in [0.05, 0.1) is 6.61 Å². The third-order valence-corrected chi connectivity index (χ3v) is 1.69. The van der Waals surface area contributed by atoms with Gasteiger partial charge in [0.1, 0.15) is 0 Å². The van der Waals surface area contributed by atoms with Gasteiger partial charge >= 0.3 is 0 Å². The van der Waals surface area contributed by atoms with E-state index >= 15 is 0 Å². The number of hydrogen-bond acceptors (Lipinski definition) is 3. The highest BCUT2D eigenvalue weighted by atomic mass is 16.3. The summed E-state index contributed by atoms with van der Waals surface area (Å²) in [6.07, 6.45) is 0. The predicted molar refractivity (Wildman–Crippen MR) is 48.5 cm³/mol. The molecule has 0 atom stereocenters. The number of Topliss-reactive ketones (excluding diaryl/α,β-unsaturated/α-hetero) is 1. The second-order valence-electron chi connectivity index (χ2n) is 2.59. The Labute approximate surface area is 76.0 Å². The van der Waals surface area contributed by atoms with E-state index in [0.29, 0.717) is 5.56 Å². The van der Waals surface area contributed by atoms with Gasteiger partial charge in [-0.2, -0.15) is 0 Å². The minimum Gasteiger partial charge on any atom is -0.505 e. The normalized spacial score (nSPS) is 9.62. The Bertz CT molecular complexity index is 342. The van der Waals surface area contributed by atoms with Gasteiger partial charge in [-0.25, -0.2) is 0 Å². The lowest BCUT2D eigenvalue weighted by Gasteiger charge is -2.03. The molecule has 1 aromatic rings. The summed E-state index contributed by atoms with van der Waals surface area (Å²) in [6.45, 7) is 2.90. The topological polar surface area (TPSA) is 57.5 Å². The first-order valence-corrected chi connectivity index (χ1v) is 3.78. The second-order valence-corrected chi connectivity index (χ2v) is 2.59. The molecule has 0 heterocycles. The Morgan fingerprint density at radius 2 is 2.00 bits per heavy atom. The minimum atomic E-state index is -0.551. The SMILES string of the molecule is C=C(O)C(=O)c1ccccc1CO. The highest BCUT2D eigenvalue weighted by Crippen LogP contribution is 2.11. The van der Waals surface area contributed by atoms with Crippen LogP contribution in [0.2, 0.25) is 0 Å². The van der Waals surface area contributed by atoms with Crippen LogP contribution in [0.3, 0.4) is 0 Å². The molecule has 68 valence electrons. The molecule has 0 aliphatic heterocycles. The van der Waals surface area contributed by atoms with Crippen molar-refractivity contribution in [1.82, 2.24) is 0 Å². The van der Waals surface area contributed by atoms with Crippen molar-refractivity contribution in [3.8, 4) is 0 Å². The Morgan fingerprint density at radius 3 is 2.54 bits per heavy atom. The van der Waals surface area contributed by atoms with Gasteiger partial charge in [-0.05, 0) is 5.56 Å². The average Bonchev–Trinajstić information content (AvgIpc) is 2.16. The van der Waals surface area contributed by atoms with E-state index in [1.807, 2.05) is 0 Å². The van der Waals surface area contributed by atoms with Gasteiger partial charge in [-0.3, -0.25) is 4.79 Å². The lowest BCUT2D eigenvalue weighted by molar-refractivity contribution is 0.0976. The molecule has 0 aromatic heterocycles. The second kappa shape index (κ2) is 3.87. The molecular formula is C10H10O3. The van der Waals surface area contributed by atoms with E-state index in [0.717, 1.165) is 0 Å². The van der Waals surface area contributed by atoms with Crippen LogP contribution in [-0.2, 0) is 6.61 Å². The maximum absolute atomic E-state index is 11.3. The fraction of sp³-hybridized carbons (Fsp3) is 0.100. The third kappa shape index (κ3) is 1.95. The summed E-state index contributed by atoms with van der Waals surface area (Å²) in [5, 5.41) is 17.8. The lowest BCUT2D eigenvalue weighted by Crippen LogP contribution is -2.05. The molecule has 0 spiro atoms. The summed E-state index contributed by atoms with van der Waals surface area (Å²) < 4.78 is 0. The lowest BCUT2D eigenvalue weighted by atomic mass is 10.0. The van der Waals surface area contributed by atoms with Gasteiger partial charge in [-0.15, -0.1) is 0 Å². The van der Waals surface area contributed by atoms with Crippen LogP contribution < -0.4 is 0 Å². The molecule has 1 rings (SSSR count). The summed E-state index contributed by atoms with van der Waals surface area (Å²) >= 11 is 0. The highest BCUT2D eigenvalue weighted by molar-refractivity contribution is 6.07. The van der Waals surface area contributed by atoms with Crippen LogP contribution in [0, 0.1) is 0 Å². The van der Waals surface area contributed by atoms with Crippen molar-refractivity contribution in [1.29, 1.82) is 0 Å². The Morgan fingerprint density at radius 1 is 1.38 bits per heavy atom. The number of rotatable bonds is 3. The molecule has 3 heteroatoms. The number of ketones is 1. The Balaban J connectivity index is 3.13. The van der Waals surface area contributed by atoms with E-state index in [9.17, 15) is 4.79 Å². The summed E-state index contributed by atoms with van der Waals surface area (Å²) in [5.41, 5.74) is 0.778. The van der Waals surface area contributed by atoms with Crippen molar-refractivity contribution in [2.75, 3.05) is 0 Å². The average molecular weight is 178 g/mol. The molecule has 2 N–H and O–H groups in total. The smallest absolute Gasteiger partial charge is 0.227 e. The molecule has 0 saturated carbocycles. The number of allylic oxidation sites excluding steroid dienone is 1. The van der Waals surface area contributed by atoms with E-state index in [2.05, 4.69) is 6.58 Å². The minimum absolute atomic E-state index is 0.227. The van der Waals surface area contributed by atoms with E-state index in [1.165, 1.54) is 6.07 Å². The zero-order valence-electron chi connectivity index (χ0n) is 7.03. The van der Waals surface area contributed by atoms with Gasteiger partial charge in [0, 0.05) is 5.56 Å². The molecule has 0 aliphatic carbocycles. The van der Waals surface area contributed by atoms with Crippen LogP contribution in [0.5, 0.6) is 0 Å². The van der Waals surface area contributed by atoms with Gasteiger partial charge in [0.15, 0.2) is 5.76 Å². The van der Waals surface area contributed by atoms with Gasteiger partial charge in [0.25, 0.3) is 0 Å². The van der Waals surface area contributed by atoms with Crippen molar-refractivity contribution in [2.24, 2.45) is 0 Å². The maximum atomic E-state index is 11.3. The molecule has 0 fully saturated rings. The first-order valence-electron chi connectivity index (χ1n) is 3.78.